The summed E-state index contributed by atoms with van der Waals surface area (Å²) in [6.45, 7) is 5.67. The minimum absolute atomic E-state index is 0.233. The van der Waals surface area contributed by atoms with Gasteiger partial charge in [0.2, 0.25) is 11.9 Å². The highest BCUT2D eigenvalue weighted by molar-refractivity contribution is 5.83. The summed E-state index contributed by atoms with van der Waals surface area (Å²) in [7, 11) is 0. The van der Waals surface area contributed by atoms with Gasteiger partial charge in [-0.3, -0.25) is 9.59 Å². The lowest BCUT2D eigenvalue weighted by Gasteiger charge is -2.32. The summed E-state index contributed by atoms with van der Waals surface area (Å²) >= 11 is 0. The lowest BCUT2D eigenvalue weighted by molar-refractivity contribution is -0.120. The number of Topliss-reactive ketones (excluding diaryl/α,β-unsaturated/α-hetero) is 2. The van der Waals surface area contributed by atoms with Gasteiger partial charge in [-0.2, -0.15) is 0 Å². The van der Waals surface area contributed by atoms with E-state index in [0.717, 1.165) is 47.1 Å². The Hall–Kier alpha value is -3.68. The molecular weight excluding hydrogens is 428 g/mol. The topological polar surface area (TPSA) is 98.0 Å². The Balaban J connectivity index is 0.000000142. The van der Waals surface area contributed by atoms with Gasteiger partial charge < -0.3 is 19.8 Å². The summed E-state index contributed by atoms with van der Waals surface area (Å²) in [4.78, 5) is 42.9. The number of rotatable bonds is 2. The third-order valence-electron chi connectivity index (χ3n) is 6.67. The number of benzene rings is 2. The van der Waals surface area contributed by atoms with Gasteiger partial charge in [0.05, 0.1) is 22.1 Å². The van der Waals surface area contributed by atoms with E-state index in [4.69, 9.17) is 0 Å². The van der Waals surface area contributed by atoms with Gasteiger partial charge in [0.25, 0.3) is 0 Å². The van der Waals surface area contributed by atoms with Gasteiger partial charge in [-0.1, -0.05) is 24.3 Å². The van der Waals surface area contributed by atoms with Crippen LogP contribution < -0.4 is 9.80 Å². The molecule has 8 nitrogen and oxygen atoms in total. The average Bonchev–Trinajstić information content (AvgIpc) is 3.43. The Bertz CT molecular complexity index is 1160. The molecule has 4 aromatic rings. The van der Waals surface area contributed by atoms with Gasteiger partial charge in [0.1, 0.15) is 11.6 Å². The van der Waals surface area contributed by atoms with Crippen molar-refractivity contribution in [3.05, 3.63) is 48.5 Å². The first-order valence-corrected chi connectivity index (χ1v) is 11.9. The number of fused-ring (bicyclic) bond motifs is 2. The predicted octanol–water partition coefficient (Wildman–Crippen LogP) is 4.24. The fourth-order valence-electron chi connectivity index (χ4n) is 4.79. The number of anilines is 2. The van der Waals surface area contributed by atoms with Crippen LogP contribution in [0.4, 0.5) is 11.9 Å². The zero-order valence-corrected chi connectivity index (χ0v) is 19.6. The van der Waals surface area contributed by atoms with Crippen molar-refractivity contribution < 1.29 is 9.59 Å². The van der Waals surface area contributed by atoms with Crippen LogP contribution in [-0.4, -0.2) is 56.7 Å². The Morgan fingerprint density at radius 3 is 1.50 bits per heavy atom. The van der Waals surface area contributed by atoms with Crippen molar-refractivity contribution >= 4 is 45.5 Å². The molecule has 4 heterocycles. The SMILES string of the molecule is CC1CC(=O)CCN1c1nc2ccccc2[nH]1.CC1CC(=O)CCN1c1nc2ccccc2[nH]1. The molecule has 0 amide bonds. The molecule has 176 valence electrons. The largest absolute Gasteiger partial charge is 0.339 e. The zero-order chi connectivity index (χ0) is 23.7. The lowest BCUT2D eigenvalue weighted by atomic mass is 10.0. The first-order chi connectivity index (χ1) is 16.5. The molecule has 34 heavy (non-hydrogen) atoms. The molecular formula is C26H30N6O2. The Labute approximate surface area is 198 Å². The number of carbonyl (C=O) groups excluding carboxylic acids is 2. The molecule has 2 fully saturated rings. The molecule has 2 unspecified atom stereocenters. The van der Waals surface area contributed by atoms with Crippen molar-refractivity contribution in [1.29, 1.82) is 0 Å². The molecule has 8 heteroatoms. The molecule has 0 spiro atoms. The van der Waals surface area contributed by atoms with Crippen LogP contribution in [0.25, 0.3) is 22.1 Å². The molecule has 2 aliphatic rings. The quantitative estimate of drug-likeness (QED) is 0.466. The van der Waals surface area contributed by atoms with Gasteiger partial charge in [-0.15, -0.1) is 0 Å². The Morgan fingerprint density at radius 1 is 0.706 bits per heavy atom. The summed E-state index contributed by atoms with van der Waals surface area (Å²) in [6.07, 6.45) is 2.50. The maximum atomic E-state index is 11.4. The number of nitrogens with zero attached hydrogens (tertiary/aromatic N) is 4. The highest BCUT2D eigenvalue weighted by Gasteiger charge is 2.26. The fourth-order valence-corrected chi connectivity index (χ4v) is 4.79. The lowest BCUT2D eigenvalue weighted by Crippen LogP contribution is -2.41. The number of aromatic amines is 2. The molecule has 6 rings (SSSR count). The zero-order valence-electron chi connectivity index (χ0n) is 19.6. The maximum absolute atomic E-state index is 11.4. The highest BCUT2D eigenvalue weighted by atomic mass is 16.1. The number of hydrogen-bond donors (Lipinski definition) is 2. The molecule has 2 aromatic carbocycles. The molecule has 2 aliphatic heterocycles. The number of nitrogens with one attached hydrogen (secondary N) is 2. The summed E-state index contributed by atoms with van der Waals surface area (Å²) in [5, 5.41) is 0. The van der Waals surface area contributed by atoms with Crippen LogP contribution in [0.2, 0.25) is 0 Å². The van der Waals surface area contributed by atoms with Crippen molar-refractivity contribution in [1.82, 2.24) is 19.9 Å². The molecule has 2 aromatic heterocycles. The van der Waals surface area contributed by atoms with Crippen LogP contribution in [0.1, 0.15) is 39.5 Å². The molecule has 2 atom stereocenters. The van der Waals surface area contributed by atoms with Crippen LogP contribution in [0.5, 0.6) is 0 Å². The minimum atomic E-state index is 0.233. The van der Waals surface area contributed by atoms with E-state index in [0.29, 0.717) is 37.2 Å². The summed E-state index contributed by atoms with van der Waals surface area (Å²) in [5.41, 5.74) is 4.05. The normalized spacial score (nSPS) is 21.1. The van der Waals surface area contributed by atoms with Gasteiger partial charge in [0, 0.05) is 50.9 Å². The second-order valence-electron chi connectivity index (χ2n) is 9.23. The van der Waals surface area contributed by atoms with E-state index in [2.05, 4.69) is 43.6 Å². The average molecular weight is 459 g/mol. The van der Waals surface area contributed by atoms with E-state index in [1.807, 2.05) is 48.5 Å². The molecule has 2 N–H and O–H groups in total. The van der Waals surface area contributed by atoms with E-state index < -0.39 is 0 Å². The van der Waals surface area contributed by atoms with Crippen molar-refractivity contribution in [2.45, 2.75) is 51.6 Å². The van der Waals surface area contributed by atoms with Crippen molar-refractivity contribution in [3.8, 4) is 0 Å². The smallest absolute Gasteiger partial charge is 0.204 e. The van der Waals surface area contributed by atoms with E-state index >= 15 is 0 Å². The van der Waals surface area contributed by atoms with Crippen molar-refractivity contribution in [2.75, 3.05) is 22.9 Å². The van der Waals surface area contributed by atoms with Gasteiger partial charge in [0.15, 0.2) is 0 Å². The number of carbonyl (C=O) groups is 2. The number of imidazole rings is 2. The first-order valence-electron chi connectivity index (χ1n) is 11.9. The molecule has 0 saturated carbocycles. The van der Waals surface area contributed by atoms with Gasteiger partial charge >= 0.3 is 0 Å². The molecule has 0 radical (unpaired) electrons. The Morgan fingerprint density at radius 2 is 1.12 bits per heavy atom. The van der Waals surface area contributed by atoms with Crippen LogP contribution in [-0.2, 0) is 9.59 Å². The van der Waals surface area contributed by atoms with E-state index in [9.17, 15) is 9.59 Å². The number of para-hydroxylation sites is 4. The molecule has 2 saturated heterocycles. The second-order valence-corrected chi connectivity index (χ2v) is 9.23. The number of aromatic nitrogens is 4. The second kappa shape index (κ2) is 9.29. The first kappa shape index (κ1) is 22.1. The number of ketones is 2. The summed E-state index contributed by atoms with van der Waals surface area (Å²) in [6, 6.07) is 16.4. The minimum Gasteiger partial charge on any atom is -0.339 e. The monoisotopic (exact) mass is 458 g/mol. The third-order valence-corrected chi connectivity index (χ3v) is 6.67. The number of piperidine rings is 2. The Kier molecular flexibility index (Phi) is 6.04. The maximum Gasteiger partial charge on any atom is 0.204 e. The standard InChI is InChI=1S/2C13H15N3O/c2*1-9-8-10(17)6-7-16(9)13-14-11-4-2-3-5-12(11)15-13/h2*2-5,9H,6-8H2,1H3,(H,14,15). The van der Waals surface area contributed by atoms with Crippen molar-refractivity contribution in [3.63, 3.8) is 0 Å². The van der Waals surface area contributed by atoms with Gasteiger partial charge in [-0.25, -0.2) is 9.97 Å². The van der Waals surface area contributed by atoms with E-state index in [-0.39, 0.29) is 12.1 Å². The van der Waals surface area contributed by atoms with Crippen LogP contribution in [0.15, 0.2) is 48.5 Å². The number of hydrogen-bond acceptors (Lipinski definition) is 6. The molecule has 0 bridgehead atoms. The van der Waals surface area contributed by atoms with Gasteiger partial charge in [-0.05, 0) is 38.1 Å². The third kappa shape index (κ3) is 4.53. The predicted molar refractivity (Wildman–Crippen MR) is 134 cm³/mol. The van der Waals surface area contributed by atoms with E-state index in [1.54, 1.807) is 0 Å². The van der Waals surface area contributed by atoms with Crippen LogP contribution in [0.3, 0.4) is 0 Å². The fraction of sp³-hybridized carbons (Fsp3) is 0.385. The summed E-state index contributed by atoms with van der Waals surface area (Å²) < 4.78 is 0. The summed E-state index contributed by atoms with van der Waals surface area (Å²) in [5.74, 6) is 2.46. The van der Waals surface area contributed by atoms with Crippen LogP contribution >= 0.6 is 0 Å². The van der Waals surface area contributed by atoms with Crippen molar-refractivity contribution in [2.24, 2.45) is 0 Å². The molecule has 0 aliphatic carbocycles. The number of H-pyrrole nitrogens is 2. The highest BCUT2D eigenvalue weighted by Crippen LogP contribution is 2.24. The van der Waals surface area contributed by atoms with E-state index in [1.165, 1.54) is 0 Å². The van der Waals surface area contributed by atoms with Crippen LogP contribution in [0, 0.1) is 0 Å².